The maximum Gasteiger partial charge on any atom is 0.418 e. The molecule has 0 saturated carbocycles. The molecule has 0 unspecified atom stereocenters. The molecule has 0 saturated heterocycles. The molecule has 0 fully saturated rings. The smallest absolute Gasteiger partial charge is 0.418 e. The van der Waals surface area contributed by atoms with Crippen LogP contribution in [0.4, 0.5) is 35.9 Å². The predicted molar refractivity (Wildman–Crippen MR) is 164 cm³/mol. The van der Waals surface area contributed by atoms with Crippen LogP contribution in [-0.4, -0.2) is 20.4 Å². The third-order valence-corrected chi connectivity index (χ3v) is 5.94. The number of para-hydroxylation sites is 2. The molecule has 0 amide bonds. The Morgan fingerprint density at radius 3 is 1.55 bits per heavy atom. The van der Waals surface area contributed by atoms with E-state index in [1.54, 1.807) is 12.1 Å². The fourth-order valence-corrected chi connectivity index (χ4v) is 3.93. The van der Waals surface area contributed by atoms with Crippen LogP contribution in [0.3, 0.4) is 0 Å². The number of hydrogen-bond acceptors (Lipinski definition) is 4. The van der Waals surface area contributed by atoms with Crippen LogP contribution >= 0.6 is 47.6 Å². The molecule has 0 aliphatic heterocycles. The van der Waals surface area contributed by atoms with Gasteiger partial charge in [0.05, 0.1) is 21.3 Å². The molecule has 0 atom stereocenters. The maximum absolute atomic E-state index is 12.9. The summed E-state index contributed by atoms with van der Waals surface area (Å²) in [7, 11) is 0. The van der Waals surface area contributed by atoms with Gasteiger partial charge in [-0.3, -0.25) is 0 Å². The van der Waals surface area contributed by atoms with Crippen LogP contribution in [0.1, 0.15) is 5.56 Å². The Labute approximate surface area is 248 Å². The lowest BCUT2D eigenvalue weighted by molar-refractivity contribution is -0.136. The molecule has 0 aliphatic rings. The lowest BCUT2D eigenvalue weighted by atomic mass is 10.1. The van der Waals surface area contributed by atoms with Gasteiger partial charge in [-0.05, 0) is 85.1 Å². The van der Waals surface area contributed by atoms with Gasteiger partial charge in [0, 0.05) is 17.1 Å². The first kappa shape index (κ1) is 30.8. The Morgan fingerprint density at radius 2 is 1.05 bits per heavy atom. The fourth-order valence-electron chi connectivity index (χ4n) is 3.11. The van der Waals surface area contributed by atoms with Crippen molar-refractivity contribution in [2.24, 2.45) is 0 Å². The first-order chi connectivity index (χ1) is 18.9. The van der Waals surface area contributed by atoms with Crippen molar-refractivity contribution in [2.45, 2.75) is 6.18 Å². The average molecular weight is 626 g/mol. The van der Waals surface area contributed by atoms with Crippen LogP contribution in [0.25, 0.3) is 0 Å². The van der Waals surface area contributed by atoms with E-state index in [9.17, 15) is 23.4 Å². The van der Waals surface area contributed by atoms with Gasteiger partial charge in [0.25, 0.3) is 0 Å². The third-order valence-electron chi connectivity index (χ3n) is 4.92. The molecule has 208 valence electrons. The van der Waals surface area contributed by atoms with E-state index in [0.29, 0.717) is 16.5 Å². The van der Waals surface area contributed by atoms with Crippen LogP contribution in [0.5, 0.6) is 11.5 Å². The van der Waals surface area contributed by atoms with Crippen LogP contribution < -0.4 is 21.3 Å². The number of rotatable bonds is 4. The fraction of sp³-hybridized carbons (Fsp3) is 0.0370. The lowest BCUT2D eigenvalue weighted by Gasteiger charge is -2.16. The third kappa shape index (κ3) is 9.45. The molecular formula is C27H21Cl2F3N4O2S2. The van der Waals surface area contributed by atoms with Crippen LogP contribution in [0.2, 0.25) is 10.0 Å². The Hall–Kier alpha value is -3.77. The summed E-state index contributed by atoms with van der Waals surface area (Å²) in [6.45, 7) is 0. The Balaban J connectivity index is 0.000000225. The topological polar surface area (TPSA) is 88.6 Å². The maximum atomic E-state index is 12.9. The van der Waals surface area contributed by atoms with E-state index < -0.39 is 11.7 Å². The van der Waals surface area contributed by atoms with Crippen LogP contribution in [0.15, 0.2) is 91.0 Å². The van der Waals surface area contributed by atoms with Gasteiger partial charge in [0.15, 0.2) is 10.2 Å². The van der Waals surface area contributed by atoms with E-state index in [-0.39, 0.29) is 32.3 Å². The zero-order valence-electron chi connectivity index (χ0n) is 20.3. The minimum Gasteiger partial charge on any atom is -0.506 e. The molecule has 6 N–H and O–H groups in total. The molecule has 13 heteroatoms. The molecule has 0 spiro atoms. The van der Waals surface area contributed by atoms with Gasteiger partial charge in [-0.25, -0.2) is 0 Å². The second-order valence-electron chi connectivity index (χ2n) is 7.90. The van der Waals surface area contributed by atoms with Crippen molar-refractivity contribution in [2.75, 3.05) is 21.3 Å². The molecule has 6 nitrogen and oxygen atoms in total. The van der Waals surface area contributed by atoms with Gasteiger partial charge in [-0.15, -0.1) is 0 Å². The van der Waals surface area contributed by atoms with Gasteiger partial charge in [-0.2, -0.15) is 13.2 Å². The Kier molecular flexibility index (Phi) is 10.8. The number of aromatic hydroxyl groups is 2. The summed E-state index contributed by atoms with van der Waals surface area (Å²) >= 11 is 21.7. The summed E-state index contributed by atoms with van der Waals surface area (Å²) in [4.78, 5) is 0. The van der Waals surface area contributed by atoms with Crippen molar-refractivity contribution in [3.63, 3.8) is 0 Å². The van der Waals surface area contributed by atoms with Crippen molar-refractivity contribution < 1.29 is 23.4 Å². The van der Waals surface area contributed by atoms with Gasteiger partial charge in [0.2, 0.25) is 0 Å². The van der Waals surface area contributed by atoms with E-state index >= 15 is 0 Å². The van der Waals surface area contributed by atoms with Crippen molar-refractivity contribution in [1.29, 1.82) is 0 Å². The summed E-state index contributed by atoms with van der Waals surface area (Å²) in [6, 6.07) is 23.7. The monoisotopic (exact) mass is 624 g/mol. The Bertz CT molecular complexity index is 1490. The molecule has 40 heavy (non-hydrogen) atoms. The molecule has 0 bridgehead atoms. The quantitative estimate of drug-likeness (QED) is 0.0992. The summed E-state index contributed by atoms with van der Waals surface area (Å²) < 4.78 is 38.6. The van der Waals surface area contributed by atoms with Crippen LogP contribution in [0, 0.1) is 0 Å². The molecule has 0 radical (unpaired) electrons. The highest BCUT2D eigenvalue weighted by molar-refractivity contribution is 7.81. The molecule has 4 aromatic carbocycles. The minimum atomic E-state index is -4.49. The van der Waals surface area contributed by atoms with Gasteiger partial charge in [-0.1, -0.05) is 53.5 Å². The summed E-state index contributed by atoms with van der Waals surface area (Å²) in [5.74, 6) is -0.0577. The highest BCUT2D eigenvalue weighted by atomic mass is 35.5. The van der Waals surface area contributed by atoms with Crippen molar-refractivity contribution in [3.05, 3.63) is 107 Å². The predicted octanol–water partition coefficient (Wildman–Crippen LogP) is 8.73. The standard InChI is InChI=1S/C14H10ClF3N2OS.C13H11ClN2OS/c15-10-7-8(5-6-12(10)21)19-13(22)20-11-4-2-1-3-9(11)14(16,17)18;14-11-8-10(6-7-12(11)17)16-13(18)15-9-4-2-1-3-5-9/h1-7,21H,(H2,19,20,22);1-8,17H,(H2,15,16,18). The SMILES string of the molecule is Oc1ccc(NC(=S)Nc2ccccc2)cc1Cl.Oc1ccc(NC(=S)Nc2ccccc2C(F)(F)F)cc1Cl. The van der Waals surface area contributed by atoms with Crippen LogP contribution in [-0.2, 0) is 6.18 Å². The number of thiocarbonyl (C=S) groups is 2. The first-order valence-corrected chi connectivity index (χ1v) is 12.8. The second-order valence-corrected chi connectivity index (χ2v) is 9.53. The number of benzene rings is 4. The van der Waals surface area contributed by atoms with E-state index in [0.717, 1.165) is 11.8 Å². The molecule has 0 aromatic heterocycles. The molecular weight excluding hydrogens is 604 g/mol. The van der Waals surface area contributed by atoms with E-state index in [4.69, 9.17) is 47.6 Å². The zero-order valence-corrected chi connectivity index (χ0v) is 23.4. The summed E-state index contributed by atoms with van der Waals surface area (Å²) in [5.41, 5.74) is 1.08. The molecule has 0 heterocycles. The highest BCUT2D eigenvalue weighted by Gasteiger charge is 2.33. The summed E-state index contributed by atoms with van der Waals surface area (Å²) in [5, 5.41) is 30.6. The lowest BCUT2D eigenvalue weighted by Crippen LogP contribution is -2.21. The normalized spacial score (nSPS) is 10.5. The largest absolute Gasteiger partial charge is 0.506 e. The number of anilines is 4. The van der Waals surface area contributed by atoms with E-state index in [1.165, 1.54) is 42.5 Å². The number of nitrogens with one attached hydrogen (secondary N) is 4. The zero-order chi connectivity index (χ0) is 29.3. The van der Waals surface area contributed by atoms with Crippen molar-refractivity contribution in [1.82, 2.24) is 0 Å². The van der Waals surface area contributed by atoms with Crippen molar-refractivity contribution in [3.8, 4) is 11.5 Å². The number of alkyl halides is 3. The van der Waals surface area contributed by atoms with Gasteiger partial charge < -0.3 is 31.5 Å². The summed E-state index contributed by atoms with van der Waals surface area (Å²) in [6.07, 6.45) is -4.49. The van der Waals surface area contributed by atoms with Gasteiger partial charge in [0.1, 0.15) is 11.5 Å². The van der Waals surface area contributed by atoms with E-state index in [1.807, 2.05) is 30.3 Å². The van der Waals surface area contributed by atoms with Crippen molar-refractivity contribution >= 4 is 80.6 Å². The average Bonchev–Trinajstić information content (AvgIpc) is 2.89. The first-order valence-electron chi connectivity index (χ1n) is 11.3. The molecule has 4 rings (SSSR count). The number of phenols is 2. The minimum absolute atomic E-state index is 0.0292. The second kappa shape index (κ2) is 14.0. The highest BCUT2D eigenvalue weighted by Crippen LogP contribution is 2.34. The number of phenolic OH excluding ortho intramolecular Hbond substituents is 2. The molecule has 4 aromatic rings. The van der Waals surface area contributed by atoms with Gasteiger partial charge >= 0.3 is 6.18 Å². The molecule has 0 aliphatic carbocycles. The number of hydrogen-bond donors (Lipinski definition) is 6. The van der Waals surface area contributed by atoms with E-state index in [2.05, 4.69) is 21.3 Å². The Morgan fingerprint density at radius 1 is 0.600 bits per heavy atom. The number of halogens is 5.